The van der Waals surface area contributed by atoms with E-state index in [0.29, 0.717) is 24.1 Å². The van der Waals surface area contributed by atoms with Crippen LogP contribution in [0.5, 0.6) is 0 Å². The molecule has 0 rings (SSSR count). The van der Waals surface area contributed by atoms with E-state index >= 15 is 0 Å². The fraction of sp³-hybridized carbons (Fsp3) is 0.740. The average molecular weight is 849 g/mol. The number of esters is 1. The molecule has 0 aliphatic carbocycles. The summed E-state index contributed by atoms with van der Waals surface area (Å²) in [7, 11) is 1.63. The Balaban J connectivity index is 4.30. The van der Waals surface area contributed by atoms with Gasteiger partial charge in [0.2, 0.25) is 0 Å². The predicted octanol–water partition coefficient (Wildman–Crippen LogP) is 14.3. The van der Waals surface area contributed by atoms with Crippen molar-refractivity contribution in [2.75, 3.05) is 54.1 Å². The van der Waals surface area contributed by atoms with Crippen molar-refractivity contribution >= 4 is 13.8 Å². The smallest absolute Gasteiger partial charge is 0.457 e. The third kappa shape index (κ3) is 46.9. The van der Waals surface area contributed by atoms with Crippen LogP contribution >= 0.6 is 7.82 Å². The summed E-state index contributed by atoms with van der Waals surface area (Å²) in [5.41, 5.74) is 0. The average Bonchev–Trinajstić information content (AvgIpc) is 3.19. The number of rotatable bonds is 43. The molecule has 0 radical (unpaired) electrons. The summed E-state index contributed by atoms with van der Waals surface area (Å²) in [6, 6.07) is 0. The van der Waals surface area contributed by atoms with Crippen molar-refractivity contribution in [2.45, 2.75) is 187 Å². The summed E-state index contributed by atoms with van der Waals surface area (Å²) in [5, 5.41) is 0. The Morgan fingerprint density at radius 1 is 0.542 bits per heavy atom. The summed E-state index contributed by atoms with van der Waals surface area (Å²) in [6.45, 7) is 5.45. The fourth-order valence-electron chi connectivity index (χ4n) is 6.14. The first-order valence-electron chi connectivity index (χ1n) is 23.7. The van der Waals surface area contributed by atoms with Gasteiger partial charge in [-0.25, -0.2) is 4.57 Å². The molecule has 342 valence electrons. The van der Waals surface area contributed by atoms with E-state index in [0.717, 1.165) is 64.2 Å². The molecule has 0 aromatic carbocycles. The summed E-state index contributed by atoms with van der Waals surface area (Å²) >= 11 is 0. The number of unbranched alkanes of at least 4 members (excludes halogenated alkanes) is 17. The number of likely N-dealkylation sites (N-methyl/N-ethyl adjacent to an activating group) is 1. The molecule has 2 atom stereocenters. The zero-order valence-electron chi connectivity index (χ0n) is 38.7. The van der Waals surface area contributed by atoms with Crippen molar-refractivity contribution in [3.8, 4) is 0 Å². The molecule has 0 bridgehead atoms. The molecule has 0 aromatic heterocycles. The molecule has 9 heteroatoms. The van der Waals surface area contributed by atoms with Gasteiger partial charge in [0, 0.05) is 13.0 Å². The van der Waals surface area contributed by atoms with Gasteiger partial charge < -0.3 is 18.9 Å². The van der Waals surface area contributed by atoms with Crippen molar-refractivity contribution in [2.24, 2.45) is 0 Å². The van der Waals surface area contributed by atoms with Gasteiger partial charge in [0.05, 0.1) is 34.4 Å². The molecule has 2 unspecified atom stereocenters. The van der Waals surface area contributed by atoms with Gasteiger partial charge in [0.25, 0.3) is 0 Å². The number of hydrogen-bond donors (Lipinski definition) is 1. The number of phosphoric ester groups is 1. The largest absolute Gasteiger partial charge is 0.472 e. The highest BCUT2D eigenvalue weighted by molar-refractivity contribution is 7.47. The van der Waals surface area contributed by atoms with Crippen molar-refractivity contribution in [1.82, 2.24) is 0 Å². The first-order chi connectivity index (χ1) is 28.6. The fourth-order valence-corrected chi connectivity index (χ4v) is 6.89. The van der Waals surface area contributed by atoms with E-state index in [1.807, 2.05) is 21.1 Å². The highest BCUT2D eigenvalue weighted by atomic mass is 31.2. The lowest BCUT2D eigenvalue weighted by molar-refractivity contribution is -0.870. The maximum Gasteiger partial charge on any atom is 0.472 e. The number of nitrogens with zero attached hydrogens (tertiary/aromatic N) is 1. The number of carbonyl (C=O) groups excluding carboxylic acids is 1. The van der Waals surface area contributed by atoms with E-state index in [9.17, 15) is 14.3 Å². The zero-order chi connectivity index (χ0) is 43.4. The van der Waals surface area contributed by atoms with Crippen LogP contribution in [0.4, 0.5) is 0 Å². The van der Waals surface area contributed by atoms with Crippen LogP contribution in [0, 0.1) is 0 Å². The molecule has 1 N–H and O–H groups in total. The van der Waals surface area contributed by atoms with E-state index in [4.69, 9.17) is 18.5 Å². The molecular formula is C50H91NO7P+. The molecule has 0 aliphatic heterocycles. The van der Waals surface area contributed by atoms with Crippen LogP contribution in [-0.2, 0) is 27.9 Å². The van der Waals surface area contributed by atoms with Gasteiger partial charge in [-0.3, -0.25) is 13.8 Å². The van der Waals surface area contributed by atoms with Crippen molar-refractivity contribution in [1.29, 1.82) is 0 Å². The zero-order valence-corrected chi connectivity index (χ0v) is 39.6. The molecular weight excluding hydrogens is 758 g/mol. The number of ether oxygens (including phenoxy) is 2. The van der Waals surface area contributed by atoms with Gasteiger partial charge in [-0.1, -0.05) is 183 Å². The van der Waals surface area contributed by atoms with Crippen LogP contribution in [0.1, 0.15) is 181 Å². The lowest BCUT2D eigenvalue weighted by Gasteiger charge is -2.24. The minimum Gasteiger partial charge on any atom is -0.457 e. The normalized spacial score (nSPS) is 14.3. The maximum absolute atomic E-state index is 12.7. The highest BCUT2D eigenvalue weighted by Crippen LogP contribution is 2.43. The van der Waals surface area contributed by atoms with Gasteiger partial charge >= 0.3 is 13.8 Å². The molecule has 8 nitrogen and oxygen atoms in total. The molecule has 0 aliphatic rings. The van der Waals surface area contributed by atoms with Crippen LogP contribution in [0.3, 0.4) is 0 Å². The van der Waals surface area contributed by atoms with Crippen LogP contribution in [0.25, 0.3) is 0 Å². The van der Waals surface area contributed by atoms with E-state index in [2.05, 4.69) is 86.8 Å². The molecule has 0 heterocycles. The van der Waals surface area contributed by atoms with Crippen LogP contribution in [0.2, 0.25) is 0 Å². The van der Waals surface area contributed by atoms with E-state index in [-0.39, 0.29) is 32.2 Å². The Labute approximate surface area is 363 Å². The Kier molecular flexibility index (Phi) is 41.1. The van der Waals surface area contributed by atoms with Gasteiger partial charge in [-0.05, 0) is 64.2 Å². The van der Waals surface area contributed by atoms with Gasteiger partial charge in [-0.15, -0.1) is 0 Å². The second kappa shape index (κ2) is 42.6. The lowest BCUT2D eigenvalue weighted by Crippen LogP contribution is -2.37. The number of quaternary nitrogens is 1. The summed E-state index contributed by atoms with van der Waals surface area (Å²) in [6.07, 6.45) is 55.1. The first-order valence-corrected chi connectivity index (χ1v) is 25.2. The topological polar surface area (TPSA) is 91.3 Å². The summed E-state index contributed by atoms with van der Waals surface area (Å²) in [4.78, 5) is 22.9. The molecule has 0 aromatic rings. The van der Waals surface area contributed by atoms with E-state index < -0.39 is 13.9 Å². The Bertz CT molecular complexity index is 1170. The SMILES string of the molecule is CC/C=C\C/C=C\C/C=C\C/C=C\C/C=C\C/C=C\CCCCC(=O)OC(COCCCCCCCCCCCCCCCCCC)COP(=O)(O)OCC[N+](C)(C)C. The number of hydrogen-bond acceptors (Lipinski definition) is 6. The second-order valence-electron chi connectivity index (χ2n) is 16.8. The van der Waals surface area contributed by atoms with Crippen molar-refractivity contribution in [3.63, 3.8) is 0 Å². The lowest BCUT2D eigenvalue weighted by atomic mass is 10.0. The Morgan fingerprint density at radius 2 is 0.983 bits per heavy atom. The van der Waals surface area contributed by atoms with Crippen LogP contribution in [-0.4, -0.2) is 75.6 Å². The summed E-state index contributed by atoms with van der Waals surface area (Å²) < 4.78 is 35.0. The maximum atomic E-state index is 12.7. The predicted molar refractivity (Wildman–Crippen MR) is 252 cm³/mol. The molecule has 0 amide bonds. The second-order valence-corrected chi connectivity index (χ2v) is 18.2. The standard InChI is InChI=1S/C50H90NO7P/c1-6-8-10-12-14-16-18-20-22-24-25-26-27-28-29-31-33-35-37-39-41-43-50(52)58-49(48-57-59(53,54)56-46-44-51(3,4)5)47-55-45-42-40-38-36-34-32-30-23-21-19-17-15-13-11-9-7-2/h8,10,14,16,20,22,25-26,28-29,33,35,49H,6-7,9,11-13,15,17-19,21,23-24,27,30-32,34,36-48H2,1-5H3/p+1/b10-8-,16-14-,22-20-,26-25-,29-28-,35-33-. The third-order valence-corrected chi connectivity index (χ3v) is 10.8. The molecule has 0 fully saturated rings. The van der Waals surface area contributed by atoms with Crippen LogP contribution in [0.15, 0.2) is 72.9 Å². The van der Waals surface area contributed by atoms with Gasteiger partial charge in [-0.2, -0.15) is 0 Å². The molecule has 0 saturated heterocycles. The van der Waals surface area contributed by atoms with Gasteiger partial charge in [0.15, 0.2) is 0 Å². The van der Waals surface area contributed by atoms with Crippen molar-refractivity contribution in [3.05, 3.63) is 72.9 Å². The Hall–Kier alpha value is -2.06. The first kappa shape index (κ1) is 56.9. The number of allylic oxidation sites excluding steroid dienone is 12. The molecule has 59 heavy (non-hydrogen) atoms. The number of phosphoric acid groups is 1. The van der Waals surface area contributed by atoms with Crippen molar-refractivity contribution < 1.29 is 37.3 Å². The Morgan fingerprint density at radius 3 is 1.44 bits per heavy atom. The van der Waals surface area contributed by atoms with E-state index in [1.165, 1.54) is 89.9 Å². The molecule has 0 saturated carbocycles. The third-order valence-electron chi connectivity index (χ3n) is 9.78. The van der Waals surface area contributed by atoms with E-state index in [1.54, 1.807) is 0 Å². The summed E-state index contributed by atoms with van der Waals surface area (Å²) in [5.74, 6) is -0.355. The minimum atomic E-state index is -4.29. The highest BCUT2D eigenvalue weighted by Gasteiger charge is 2.26. The minimum absolute atomic E-state index is 0.0776. The quantitative estimate of drug-likeness (QED) is 0.0215. The van der Waals surface area contributed by atoms with Crippen LogP contribution < -0.4 is 0 Å². The monoisotopic (exact) mass is 849 g/mol. The molecule has 0 spiro atoms. The number of carbonyl (C=O) groups is 1. The van der Waals surface area contributed by atoms with Gasteiger partial charge in [0.1, 0.15) is 19.3 Å².